The van der Waals surface area contributed by atoms with Crippen LogP contribution in [-0.4, -0.2) is 48.5 Å². The second kappa shape index (κ2) is 7.59. The van der Waals surface area contributed by atoms with Crippen molar-refractivity contribution in [3.8, 4) is 17.0 Å². The van der Waals surface area contributed by atoms with Gasteiger partial charge in [-0.25, -0.2) is 0 Å². The smallest absolute Gasteiger partial charge is 0.279 e. The minimum absolute atomic E-state index is 0.254. The summed E-state index contributed by atoms with van der Waals surface area (Å²) in [5.41, 5.74) is 8.40. The molecule has 1 fully saturated rings. The summed E-state index contributed by atoms with van der Waals surface area (Å²) >= 11 is 0. The summed E-state index contributed by atoms with van der Waals surface area (Å²) in [7, 11) is 1.60. The Bertz CT molecular complexity index is 992. The quantitative estimate of drug-likeness (QED) is 0.667. The van der Waals surface area contributed by atoms with Crippen LogP contribution in [-0.2, 0) is 0 Å². The molecule has 0 spiro atoms. The maximum Gasteiger partial charge on any atom is 0.279 e. The second-order valence-corrected chi connectivity index (χ2v) is 6.62. The predicted molar refractivity (Wildman–Crippen MR) is 110 cm³/mol. The average Bonchev–Trinajstić information content (AvgIpc) is 2.74. The first-order valence-electron chi connectivity index (χ1n) is 9.11. The number of methoxy groups -OCH3 is 1. The Morgan fingerprint density at radius 3 is 2.18 bits per heavy atom. The summed E-state index contributed by atoms with van der Waals surface area (Å²) in [6.45, 7) is 3.15. The Morgan fingerprint density at radius 2 is 1.57 bits per heavy atom. The Labute approximate surface area is 162 Å². The zero-order chi connectivity index (χ0) is 19.5. The van der Waals surface area contributed by atoms with Crippen molar-refractivity contribution in [3.05, 3.63) is 58.9 Å². The van der Waals surface area contributed by atoms with E-state index in [4.69, 9.17) is 10.5 Å². The third-order valence-electron chi connectivity index (χ3n) is 4.89. The van der Waals surface area contributed by atoms with Crippen LogP contribution in [0.25, 0.3) is 11.3 Å². The number of nitrogens with one attached hydrogen (secondary N) is 1. The lowest BCUT2D eigenvalue weighted by Crippen LogP contribution is -2.47. The standard InChI is InChI=1S/C20H22N6O2/c1-28-17-8-2-14(3-9-17)18-19(27)22-20(24-23-18)26-12-10-25(11-13-26)16-6-4-15(21)5-7-16/h2-9H,10-13,21H2,1H3,(H,22,24,27). The monoisotopic (exact) mass is 378 g/mol. The molecule has 2 heterocycles. The number of H-pyrrole nitrogens is 1. The van der Waals surface area contributed by atoms with Crippen LogP contribution in [0.3, 0.4) is 0 Å². The molecule has 1 aliphatic heterocycles. The summed E-state index contributed by atoms with van der Waals surface area (Å²) in [4.78, 5) is 19.7. The van der Waals surface area contributed by atoms with Crippen LogP contribution in [0.1, 0.15) is 0 Å². The minimum Gasteiger partial charge on any atom is -0.497 e. The van der Waals surface area contributed by atoms with Gasteiger partial charge in [-0.3, -0.25) is 9.78 Å². The molecule has 0 amide bonds. The van der Waals surface area contributed by atoms with Gasteiger partial charge in [-0.1, -0.05) is 0 Å². The molecule has 0 bridgehead atoms. The number of nitrogens with two attached hydrogens (primary N) is 1. The van der Waals surface area contributed by atoms with Crippen LogP contribution in [0, 0.1) is 0 Å². The number of hydrogen-bond acceptors (Lipinski definition) is 7. The highest BCUT2D eigenvalue weighted by Gasteiger charge is 2.20. The van der Waals surface area contributed by atoms with Gasteiger partial charge in [0.25, 0.3) is 5.56 Å². The molecule has 8 heteroatoms. The van der Waals surface area contributed by atoms with Gasteiger partial charge in [-0.2, -0.15) is 0 Å². The number of aromatic amines is 1. The predicted octanol–water partition coefficient (Wildman–Crippen LogP) is 1.75. The molecule has 144 valence electrons. The van der Waals surface area contributed by atoms with Crippen molar-refractivity contribution in [3.63, 3.8) is 0 Å². The van der Waals surface area contributed by atoms with Crippen LogP contribution in [0.15, 0.2) is 53.3 Å². The van der Waals surface area contributed by atoms with E-state index in [2.05, 4.69) is 20.1 Å². The van der Waals surface area contributed by atoms with Crippen LogP contribution in [0.5, 0.6) is 5.75 Å². The normalized spacial score (nSPS) is 14.2. The average molecular weight is 378 g/mol. The van der Waals surface area contributed by atoms with Crippen molar-refractivity contribution >= 4 is 17.3 Å². The number of rotatable bonds is 4. The molecule has 28 heavy (non-hydrogen) atoms. The van der Waals surface area contributed by atoms with Crippen molar-refractivity contribution in [1.29, 1.82) is 0 Å². The van der Waals surface area contributed by atoms with Gasteiger partial charge in [0, 0.05) is 43.1 Å². The van der Waals surface area contributed by atoms with E-state index < -0.39 is 0 Å². The Balaban J connectivity index is 1.46. The van der Waals surface area contributed by atoms with Crippen molar-refractivity contribution in [2.24, 2.45) is 0 Å². The van der Waals surface area contributed by atoms with E-state index in [1.807, 2.05) is 29.2 Å². The molecule has 3 aromatic rings. The van der Waals surface area contributed by atoms with E-state index in [1.165, 1.54) is 0 Å². The SMILES string of the molecule is COc1ccc(-c2nnc(N3CCN(c4ccc(N)cc4)CC3)[nH]c2=O)cc1. The third-order valence-corrected chi connectivity index (χ3v) is 4.89. The van der Waals surface area contributed by atoms with E-state index >= 15 is 0 Å². The van der Waals surface area contributed by atoms with Gasteiger partial charge in [0.2, 0.25) is 5.95 Å². The van der Waals surface area contributed by atoms with Crippen LogP contribution < -0.4 is 25.8 Å². The molecule has 0 unspecified atom stereocenters. The number of aromatic nitrogens is 3. The Morgan fingerprint density at radius 1 is 0.929 bits per heavy atom. The van der Waals surface area contributed by atoms with Gasteiger partial charge in [0.15, 0.2) is 5.69 Å². The fourth-order valence-corrected chi connectivity index (χ4v) is 3.27. The molecule has 0 radical (unpaired) electrons. The highest BCUT2D eigenvalue weighted by Crippen LogP contribution is 2.20. The number of anilines is 3. The highest BCUT2D eigenvalue weighted by atomic mass is 16.5. The molecule has 1 aromatic heterocycles. The fraction of sp³-hybridized carbons (Fsp3) is 0.250. The first-order valence-corrected chi connectivity index (χ1v) is 9.11. The number of ether oxygens (including phenoxy) is 1. The van der Waals surface area contributed by atoms with E-state index in [0.29, 0.717) is 17.2 Å². The van der Waals surface area contributed by atoms with Gasteiger partial charge in [-0.15, -0.1) is 10.2 Å². The van der Waals surface area contributed by atoms with E-state index in [0.717, 1.165) is 43.3 Å². The Kier molecular flexibility index (Phi) is 4.84. The fourth-order valence-electron chi connectivity index (χ4n) is 3.27. The highest BCUT2D eigenvalue weighted by molar-refractivity contribution is 5.59. The maximum absolute atomic E-state index is 12.5. The largest absolute Gasteiger partial charge is 0.497 e. The van der Waals surface area contributed by atoms with Gasteiger partial charge in [0.1, 0.15) is 5.75 Å². The van der Waals surface area contributed by atoms with E-state index in [1.54, 1.807) is 31.4 Å². The summed E-state index contributed by atoms with van der Waals surface area (Å²) in [6.07, 6.45) is 0. The second-order valence-electron chi connectivity index (χ2n) is 6.62. The minimum atomic E-state index is -0.254. The molecular weight excluding hydrogens is 356 g/mol. The topological polar surface area (TPSA) is 100 Å². The molecule has 0 aliphatic carbocycles. The molecule has 4 rings (SSSR count). The van der Waals surface area contributed by atoms with Gasteiger partial charge in [-0.05, 0) is 48.5 Å². The van der Waals surface area contributed by atoms with Crippen LogP contribution in [0.2, 0.25) is 0 Å². The van der Waals surface area contributed by atoms with Crippen molar-refractivity contribution in [1.82, 2.24) is 15.2 Å². The molecule has 2 aromatic carbocycles. The van der Waals surface area contributed by atoms with E-state index in [9.17, 15) is 4.79 Å². The van der Waals surface area contributed by atoms with Crippen molar-refractivity contribution in [2.75, 3.05) is 48.8 Å². The van der Waals surface area contributed by atoms with E-state index in [-0.39, 0.29) is 5.56 Å². The summed E-state index contributed by atoms with van der Waals surface area (Å²) < 4.78 is 5.14. The number of nitrogen functional groups attached to an aromatic ring is 1. The Hall–Kier alpha value is -3.55. The summed E-state index contributed by atoms with van der Waals surface area (Å²) in [5, 5.41) is 8.41. The summed E-state index contributed by atoms with van der Waals surface area (Å²) in [6, 6.07) is 15.0. The molecule has 1 aliphatic rings. The lowest BCUT2D eigenvalue weighted by atomic mass is 10.1. The zero-order valence-corrected chi connectivity index (χ0v) is 15.6. The molecule has 3 N–H and O–H groups in total. The lowest BCUT2D eigenvalue weighted by molar-refractivity contribution is 0.415. The first-order chi connectivity index (χ1) is 13.6. The van der Waals surface area contributed by atoms with Crippen LogP contribution >= 0.6 is 0 Å². The van der Waals surface area contributed by atoms with Crippen LogP contribution in [0.4, 0.5) is 17.3 Å². The van der Waals surface area contributed by atoms with Crippen molar-refractivity contribution in [2.45, 2.75) is 0 Å². The zero-order valence-electron chi connectivity index (χ0n) is 15.6. The molecule has 1 saturated heterocycles. The third kappa shape index (κ3) is 3.62. The molecular formula is C20H22N6O2. The number of piperazine rings is 1. The van der Waals surface area contributed by atoms with Gasteiger partial charge < -0.3 is 20.3 Å². The molecule has 0 atom stereocenters. The lowest BCUT2D eigenvalue weighted by Gasteiger charge is -2.36. The maximum atomic E-state index is 12.5. The number of nitrogens with zero attached hydrogens (tertiary/aromatic N) is 4. The molecule has 0 saturated carbocycles. The van der Waals surface area contributed by atoms with Gasteiger partial charge in [0.05, 0.1) is 7.11 Å². The number of benzene rings is 2. The first kappa shape index (κ1) is 17.8. The van der Waals surface area contributed by atoms with Crippen molar-refractivity contribution < 1.29 is 4.74 Å². The summed E-state index contributed by atoms with van der Waals surface area (Å²) in [5.74, 6) is 1.22. The number of hydrogen-bond donors (Lipinski definition) is 2. The van der Waals surface area contributed by atoms with Gasteiger partial charge >= 0.3 is 0 Å². The molecule has 8 nitrogen and oxygen atoms in total.